The van der Waals surface area contributed by atoms with Crippen molar-refractivity contribution in [1.82, 2.24) is 19.4 Å². The van der Waals surface area contributed by atoms with Crippen LogP contribution in [-0.4, -0.2) is 65.2 Å². The Morgan fingerprint density at radius 2 is 1.35 bits per heavy atom. The first-order valence-electron chi connectivity index (χ1n) is 18.1. The van der Waals surface area contributed by atoms with Gasteiger partial charge in [-0.2, -0.15) is 0 Å². The normalized spacial score (nSPS) is 17.4. The van der Waals surface area contributed by atoms with E-state index in [1.54, 1.807) is 6.33 Å². The molecule has 1 fully saturated rings. The molecule has 51 heavy (non-hydrogen) atoms. The zero-order chi connectivity index (χ0) is 36.4. The molecule has 9 heteroatoms. The average Bonchev–Trinajstić information content (AvgIpc) is 3.53. The topological polar surface area (TPSA) is 81.5 Å². The van der Waals surface area contributed by atoms with E-state index < -0.39 is 19.5 Å². The van der Waals surface area contributed by atoms with Gasteiger partial charge < -0.3 is 23.9 Å². The minimum absolute atomic E-state index is 0.0668. The van der Waals surface area contributed by atoms with Crippen LogP contribution in [0, 0.1) is 5.92 Å². The van der Waals surface area contributed by atoms with E-state index in [2.05, 4.69) is 147 Å². The number of rotatable bonds is 9. The molecule has 268 valence electrons. The molecule has 8 nitrogen and oxygen atoms in total. The molecule has 0 unspecified atom stereocenters. The van der Waals surface area contributed by atoms with E-state index in [0.29, 0.717) is 19.7 Å². The number of piperidine rings is 1. The van der Waals surface area contributed by atoms with Gasteiger partial charge in [0, 0.05) is 37.9 Å². The van der Waals surface area contributed by atoms with Gasteiger partial charge in [-0.1, -0.05) is 112 Å². The molecule has 0 aliphatic carbocycles. The number of fused-ring (bicyclic) bond motifs is 1. The number of aromatic nitrogens is 3. The van der Waals surface area contributed by atoms with E-state index in [-0.39, 0.29) is 23.1 Å². The predicted molar refractivity (Wildman–Crippen MR) is 209 cm³/mol. The van der Waals surface area contributed by atoms with Gasteiger partial charge in [0.25, 0.3) is 0 Å². The summed E-state index contributed by atoms with van der Waals surface area (Å²) >= 11 is 0. The fourth-order valence-corrected chi connectivity index (χ4v) is 8.02. The average molecular weight is 704 g/mol. The van der Waals surface area contributed by atoms with Gasteiger partial charge in [0.1, 0.15) is 28.9 Å². The summed E-state index contributed by atoms with van der Waals surface area (Å²) in [5.74, 6) is 0.878. The first kappa shape index (κ1) is 36.3. The van der Waals surface area contributed by atoms with Gasteiger partial charge in [0.15, 0.2) is 8.32 Å². The number of nitrogens with zero attached hydrogens (tertiary/aromatic N) is 4. The third kappa shape index (κ3) is 7.60. The molecule has 6 rings (SSSR count). The van der Waals surface area contributed by atoms with Crippen molar-refractivity contribution >= 4 is 31.3 Å². The zero-order valence-corrected chi connectivity index (χ0v) is 32.4. The van der Waals surface area contributed by atoms with Gasteiger partial charge in [-0.05, 0) is 68.1 Å². The number of benzene rings is 3. The first-order chi connectivity index (χ1) is 24.2. The van der Waals surface area contributed by atoms with Crippen LogP contribution in [0.1, 0.15) is 64.7 Å². The van der Waals surface area contributed by atoms with Crippen LogP contribution < -0.4 is 5.32 Å². The largest absolute Gasteiger partial charge is 0.444 e. The summed E-state index contributed by atoms with van der Waals surface area (Å²) in [6, 6.07) is 33.9. The molecule has 0 spiro atoms. The van der Waals surface area contributed by atoms with Gasteiger partial charge in [-0.25, -0.2) is 14.8 Å². The summed E-state index contributed by atoms with van der Waals surface area (Å²) in [5.41, 5.74) is 2.88. The quantitative estimate of drug-likeness (QED) is 0.122. The molecule has 1 N–H and O–H groups in total. The predicted octanol–water partition coefficient (Wildman–Crippen LogP) is 9.33. The van der Waals surface area contributed by atoms with Crippen LogP contribution in [0.25, 0.3) is 11.0 Å². The standard InChI is InChI=1S/C42H53N5O3Si/c1-40(2,3)50-39(48)46-27-31(29-49-51(7,8)41(4,5)6)26-35(28-46)45-37-36-24-25-47(38(36)44-30-43-37)42(32-18-12-9-13-19-32,33-20-14-10-15-21-33)34-22-16-11-17-23-34/h9-25,30-31,35H,26-29H2,1-8H3,(H,43,44,45)/t31-,35+/m0/s1. The second-order valence-electron chi connectivity index (χ2n) is 16.4. The lowest BCUT2D eigenvalue weighted by molar-refractivity contribution is 0.0120. The van der Waals surface area contributed by atoms with Gasteiger partial charge in [-0.15, -0.1) is 0 Å². The first-order valence-corrected chi connectivity index (χ1v) is 21.0. The molecule has 0 saturated carbocycles. The Kier molecular flexibility index (Phi) is 10.2. The molecule has 0 radical (unpaired) electrons. The van der Waals surface area contributed by atoms with Gasteiger partial charge >= 0.3 is 6.09 Å². The molecule has 1 aliphatic rings. The molecule has 0 bridgehead atoms. The lowest BCUT2D eigenvalue weighted by atomic mass is 9.76. The highest BCUT2D eigenvalue weighted by Gasteiger charge is 2.41. The summed E-state index contributed by atoms with van der Waals surface area (Å²) < 4.78 is 14.8. The van der Waals surface area contributed by atoms with Crippen LogP contribution in [0.15, 0.2) is 110 Å². The van der Waals surface area contributed by atoms with Crippen LogP contribution in [0.3, 0.4) is 0 Å². The fraction of sp³-hybridized carbons (Fsp3) is 0.405. The van der Waals surface area contributed by atoms with Crippen molar-refractivity contribution in [1.29, 1.82) is 0 Å². The van der Waals surface area contributed by atoms with Crippen molar-refractivity contribution in [2.45, 2.75) is 83.3 Å². The summed E-state index contributed by atoms with van der Waals surface area (Å²) in [6.45, 7) is 18.7. The molecular formula is C42H53N5O3Si. The highest BCUT2D eigenvalue weighted by molar-refractivity contribution is 6.74. The summed E-state index contributed by atoms with van der Waals surface area (Å²) in [5, 5.41) is 4.76. The lowest BCUT2D eigenvalue weighted by Gasteiger charge is -2.41. The Morgan fingerprint density at radius 3 is 1.86 bits per heavy atom. The third-order valence-electron chi connectivity index (χ3n) is 10.4. The Bertz CT molecular complexity index is 1820. The van der Waals surface area contributed by atoms with Gasteiger partial charge in [-0.3, -0.25) is 0 Å². The van der Waals surface area contributed by atoms with Crippen LogP contribution in [0.2, 0.25) is 18.1 Å². The number of likely N-dealkylation sites (tertiary alicyclic amines) is 1. The Labute approximate surface area is 304 Å². The fourth-order valence-electron chi connectivity index (χ4n) is 6.93. The molecule has 1 amide bonds. The lowest BCUT2D eigenvalue weighted by Crippen LogP contribution is -2.52. The number of hydrogen-bond donors (Lipinski definition) is 1. The minimum Gasteiger partial charge on any atom is -0.444 e. The van der Waals surface area contributed by atoms with Crippen LogP contribution in [0.5, 0.6) is 0 Å². The van der Waals surface area contributed by atoms with Crippen LogP contribution >= 0.6 is 0 Å². The van der Waals surface area contributed by atoms with Crippen molar-refractivity contribution in [2.75, 3.05) is 25.0 Å². The number of hydrogen-bond acceptors (Lipinski definition) is 6. The number of ether oxygens (including phenoxy) is 1. The Morgan fingerprint density at radius 1 is 0.804 bits per heavy atom. The zero-order valence-electron chi connectivity index (χ0n) is 31.4. The van der Waals surface area contributed by atoms with Crippen molar-refractivity contribution in [3.63, 3.8) is 0 Å². The number of nitrogens with one attached hydrogen (secondary N) is 1. The van der Waals surface area contributed by atoms with Gasteiger partial charge in [0.2, 0.25) is 0 Å². The van der Waals surface area contributed by atoms with Crippen molar-refractivity contribution in [3.8, 4) is 0 Å². The van der Waals surface area contributed by atoms with Crippen molar-refractivity contribution in [3.05, 3.63) is 126 Å². The molecule has 3 aromatic carbocycles. The SMILES string of the molecule is CC(C)(C)OC(=O)N1C[C@@H](CO[Si](C)(C)C(C)(C)C)C[C@@H](Nc2ncnc3c2ccn3C(c2ccccc2)(c2ccccc2)c2ccccc2)C1. The highest BCUT2D eigenvalue weighted by Crippen LogP contribution is 2.43. The number of anilines is 1. The second-order valence-corrected chi connectivity index (χ2v) is 21.2. The van der Waals surface area contributed by atoms with Gasteiger partial charge in [0.05, 0.1) is 5.39 Å². The number of amides is 1. The smallest absolute Gasteiger partial charge is 0.410 e. The molecule has 2 aromatic heterocycles. The maximum Gasteiger partial charge on any atom is 0.410 e. The van der Waals surface area contributed by atoms with Crippen LogP contribution in [0.4, 0.5) is 10.6 Å². The molecule has 3 heterocycles. The van der Waals surface area contributed by atoms with Crippen molar-refractivity contribution < 1.29 is 14.0 Å². The van der Waals surface area contributed by atoms with E-state index >= 15 is 0 Å². The van der Waals surface area contributed by atoms with E-state index in [9.17, 15) is 4.79 Å². The monoisotopic (exact) mass is 703 g/mol. The Balaban J connectivity index is 1.40. The molecule has 1 saturated heterocycles. The summed E-state index contributed by atoms with van der Waals surface area (Å²) in [6.07, 6.45) is 4.30. The second kappa shape index (κ2) is 14.3. The number of carbonyl (C=O) groups excluding carboxylic acids is 1. The molecule has 5 aromatic rings. The van der Waals surface area contributed by atoms with Crippen molar-refractivity contribution in [2.24, 2.45) is 5.92 Å². The van der Waals surface area contributed by atoms with Crippen LogP contribution in [-0.2, 0) is 14.7 Å². The van der Waals surface area contributed by atoms with E-state index in [1.165, 1.54) is 0 Å². The van der Waals surface area contributed by atoms with E-state index in [4.69, 9.17) is 19.1 Å². The van der Waals surface area contributed by atoms with E-state index in [1.807, 2.05) is 25.7 Å². The molecular weight excluding hydrogens is 651 g/mol. The molecule has 1 aliphatic heterocycles. The van der Waals surface area contributed by atoms with E-state index in [0.717, 1.165) is 40.0 Å². The maximum absolute atomic E-state index is 13.5. The minimum atomic E-state index is -1.99. The third-order valence-corrected chi connectivity index (χ3v) is 14.9. The summed E-state index contributed by atoms with van der Waals surface area (Å²) in [7, 11) is -1.99. The highest BCUT2D eigenvalue weighted by atomic mass is 28.4. The Hall–Kier alpha value is -4.47. The summed E-state index contributed by atoms with van der Waals surface area (Å²) in [4.78, 5) is 25.0. The maximum atomic E-state index is 13.5. The molecule has 2 atom stereocenters. The number of carbonyl (C=O) groups is 1.